The zero-order chi connectivity index (χ0) is 19.8. The molecule has 0 radical (unpaired) electrons. The quantitative estimate of drug-likeness (QED) is 0.540. The Morgan fingerprint density at radius 1 is 1.04 bits per heavy atom. The molecule has 1 heterocycles. The molecule has 1 aliphatic rings. The lowest BCUT2D eigenvalue weighted by molar-refractivity contribution is -0.0756. The molecule has 3 rings (SSSR count). The first-order chi connectivity index (χ1) is 13.7. The molecule has 0 spiro atoms. The summed E-state index contributed by atoms with van der Waals surface area (Å²) < 4.78 is 17.5. The highest BCUT2D eigenvalue weighted by atomic mass is 16.6. The second kappa shape index (κ2) is 10.0. The molecule has 1 saturated heterocycles. The average Bonchev–Trinajstić information content (AvgIpc) is 3.04. The van der Waals surface area contributed by atoms with Crippen LogP contribution in [0.25, 0.3) is 0 Å². The molecule has 146 valence electrons. The smallest absolute Gasteiger partial charge is 0.124 e. The molecule has 28 heavy (non-hydrogen) atoms. The van der Waals surface area contributed by atoms with Gasteiger partial charge in [-0.15, -0.1) is 0 Å². The van der Waals surface area contributed by atoms with E-state index in [1.54, 1.807) is 0 Å². The van der Waals surface area contributed by atoms with Crippen molar-refractivity contribution in [2.45, 2.75) is 37.6 Å². The number of nitrogens with zero attached hydrogens (tertiary/aromatic N) is 1. The fourth-order valence-corrected chi connectivity index (χ4v) is 3.14. The number of nitriles is 1. The van der Waals surface area contributed by atoms with Gasteiger partial charge in [-0.1, -0.05) is 60.7 Å². The van der Waals surface area contributed by atoms with Crippen LogP contribution in [0.4, 0.5) is 0 Å². The third kappa shape index (κ3) is 4.97. The lowest BCUT2D eigenvalue weighted by Gasteiger charge is -2.21. The van der Waals surface area contributed by atoms with Crippen molar-refractivity contribution in [2.24, 2.45) is 0 Å². The van der Waals surface area contributed by atoms with Gasteiger partial charge in [-0.3, -0.25) is 0 Å². The molecule has 0 aromatic heterocycles. The first-order valence-corrected chi connectivity index (χ1v) is 9.08. The summed E-state index contributed by atoms with van der Waals surface area (Å²) in [5.74, 6) is 0. The van der Waals surface area contributed by atoms with E-state index in [1.807, 2.05) is 66.7 Å². The van der Waals surface area contributed by atoms with E-state index < -0.39 is 24.4 Å². The highest BCUT2D eigenvalue weighted by Crippen LogP contribution is 2.29. The van der Waals surface area contributed by atoms with Gasteiger partial charge in [0.15, 0.2) is 0 Å². The Bertz CT molecular complexity index is 803. The third-order valence-corrected chi connectivity index (χ3v) is 4.59. The summed E-state index contributed by atoms with van der Waals surface area (Å²) in [6, 6.07) is 21.1. The lowest BCUT2D eigenvalue weighted by Crippen LogP contribution is -2.37. The predicted molar refractivity (Wildman–Crippen MR) is 102 cm³/mol. The highest BCUT2D eigenvalue weighted by Gasteiger charge is 2.46. The Morgan fingerprint density at radius 2 is 1.64 bits per heavy atom. The second-order valence-corrected chi connectivity index (χ2v) is 6.54. The molecular weight excluding hydrogens is 358 g/mol. The number of ether oxygens (including phenoxy) is 3. The fraction of sp³-hybridized carbons (Fsp3) is 0.318. The molecule has 0 saturated carbocycles. The van der Waals surface area contributed by atoms with Gasteiger partial charge < -0.3 is 24.4 Å². The SMILES string of the molecule is N#C/C(=C\O)C1O[C@H](COCc2ccccc2)[C@@H](OCc2ccccc2)[C@H]1O. The van der Waals surface area contributed by atoms with Crippen molar-refractivity contribution in [2.75, 3.05) is 6.61 Å². The largest absolute Gasteiger partial charge is 0.514 e. The molecule has 6 heteroatoms. The maximum atomic E-state index is 10.6. The molecular formula is C22H23NO5. The Hall–Kier alpha value is -2.69. The van der Waals surface area contributed by atoms with Gasteiger partial charge in [-0.25, -0.2) is 0 Å². The minimum Gasteiger partial charge on any atom is -0.514 e. The van der Waals surface area contributed by atoms with Crippen molar-refractivity contribution in [3.8, 4) is 6.07 Å². The minimum absolute atomic E-state index is 0.0497. The summed E-state index contributed by atoms with van der Waals surface area (Å²) in [7, 11) is 0. The molecule has 2 aromatic carbocycles. The van der Waals surface area contributed by atoms with Crippen LogP contribution < -0.4 is 0 Å². The molecule has 6 nitrogen and oxygen atoms in total. The van der Waals surface area contributed by atoms with Crippen molar-refractivity contribution < 1.29 is 24.4 Å². The van der Waals surface area contributed by atoms with Crippen LogP contribution in [-0.4, -0.2) is 41.2 Å². The maximum Gasteiger partial charge on any atom is 0.124 e. The molecule has 0 amide bonds. The van der Waals surface area contributed by atoms with E-state index in [0.29, 0.717) is 19.5 Å². The molecule has 1 aliphatic heterocycles. The molecule has 0 aliphatic carbocycles. The molecule has 2 N–H and O–H groups in total. The van der Waals surface area contributed by atoms with Crippen molar-refractivity contribution in [1.29, 1.82) is 5.26 Å². The first-order valence-electron chi connectivity index (χ1n) is 9.08. The van der Waals surface area contributed by atoms with E-state index in [1.165, 1.54) is 0 Å². The van der Waals surface area contributed by atoms with Crippen LogP contribution in [0.15, 0.2) is 72.5 Å². The van der Waals surface area contributed by atoms with E-state index in [9.17, 15) is 10.2 Å². The maximum absolute atomic E-state index is 10.6. The second-order valence-electron chi connectivity index (χ2n) is 6.54. The van der Waals surface area contributed by atoms with Gasteiger partial charge in [0.2, 0.25) is 0 Å². The average molecular weight is 381 g/mol. The van der Waals surface area contributed by atoms with Crippen molar-refractivity contribution in [3.05, 3.63) is 83.6 Å². The van der Waals surface area contributed by atoms with Crippen LogP contribution in [0.1, 0.15) is 11.1 Å². The van der Waals surface area contributed by atoms with Crippen LogP contribution in [0.3, 0.4) is 0 Å². The first kappa shape index (κ1) is 20.1. The van der Waals surface area contributed by atoms with Crippen molar-refractivity contribution >= 4 is 0 Å². The Kier molecular flexibility index (Phi) is 7.18. The Labute approximate surface area is 164 Å². The van der Waals surface area contributed by atoms with E-state index in [-0.39, 0.29) is 12.2 Å². The standard InChI is InChI=1S/C22H23NO5/c23-11-18(12-24)21-20(25)22(27-14-17-9-5-2-6-10-17)19(28-21)15-26-13-16-7-3-1-4-8-16/h1-10,12,19-22,24-25H,13-15H2/b18-12+/t19-,20+,21?,22-/m1/s1. The number of aliphatic hydroxyl groups excluding tert-OH is 2. The summed E-state index contributed by atoms with van der Waals surface area (Å²) in [5.41, 5.74) is 1.93. The Morgan fingerprint density at radius 3 is 2.21 bits per heavy atom. The zero-order valence-electron chi connectivity index (χ0n) is 15.3. The molecule has 4 atom stereocenters. The molecule has 1 unspecified atom stereocenters. The van der Waals surface area contributed by atoms with Crippen LogP contribution in [-0.2, 0) is 27.4 Å². The number of hydrogen-bond donors (Lipinski definition) is 2. The number of aliphatic hydroxyl groups is 2. The van der Waals surface area contributed by atoms with Gasteiger partial charge in [-0.05, 0) is 11.1 Å². The number of benzene rings is 2. The summed E-state index contributed by atoms with van der Waals surface area (Å²) in [6.07, 6.45) is -2.65. The van der Waals surface area contributed by atoms with Crippen LogP contribution in [0.5, 0.6) is 0 Å². The summed E-state index contributed by atoms with van der Waals surface area (Å²) in [5, 5.41) is 29.1. The summed E-state index contributed by atoms with van der Waals surface area (Å²) >= 11 is 0. The number of hydrogen-bond acceptors (Lipinski definition) is 6. The third-order valence-electron chi connectivity index (χ3n) is 4.59. The topological polar surface area (TPSA) is 91.9 Å². The van der Waals surface area contributed by atoms with Crippen molar-refractivity contribution in [1.82, 2.24) is 0 Å². The van der Waals surface area contributed by atoms with Gasteiger partial charge in [0.05, 0.1) is 31.7 Å². The predicted octanol–water partition coefficient (Wildman–Crippen LogP) is 2.88. The minimum atomic E-state index is -1.09. The zero-order valence-corrected chi connectivity index (χ0v) is 15.3. The van der Waals surface area contributed by atoms with Gasteiger partial charge in [-0.2, -0.15) is 5.26 Å². The van der Waals surface area contributed by atoms with Crippen LogP contribution >= 0.6 is 0 Å². The highest BCUT2D eigenvalue weighted by molar-refractivity contribution is 5.27. The summed E-state index contributed by atoms with van der Waals surface area (Å²) in [6.45, 7) is 0.873. The molecule has 2 aromatic rings. The van der Waals surface area contributed by atoms with Crippen LogP contribution in [0.2, 0.25) is 0 Å². The molecule has 1 fully saturated rings. The lowest BCUT2D eigenvalue weighted by atomic mass is 10.0. The van der Waals surface area contributed by atoms with Gasteiger partial charge in [0.1, 0.15) is 30.5 Å². The van der Waals surface area contributed by atoms with E-state index in [4.69, 9.17) is 19.5 Å². The normalized spacial score (nSPS) is 24.8. The van der Waals surface area contributed by atoms with E-state index >= 15 is 0 Å². The van der Waals surface area contributed by atoms with E-state index in [2.05, 4.69) is 0 Å². The van der Waals surface area contributed by atoms with Gasteiger partial charge in [0, 0.05) is 0 Å². The Balaban J connectivity index is 1.65. The van der Waals surface area contributed by atoms with Crippen LogP contribution in [0, 0.1) is 11.3 Å². The molecule has 0 bridgehead atoms. The van der Waals surface area contributed by atoms with Gasteiger partial charge >= 0.3 is 0 Å². The number of rotatable bonds is 8. The van der Waals surface area contributed by atoms with Crippen molar-refractivity contribution in [3.63, 3.8) is 0 Å². The van der Waals surface area contributed by atoms with E-state index in [0.717, 1.165) is 11.1 Å². The van der Waals surface area contributed by atoms with Gasteiger partial charge in [0.25, 0.3) is 0 Å². The fourth-order valence-electron chi connectivity index (χ4n) is 3.14. The summed E-state index contributed by atoms with van der Waals surface area (Å²) in [4.78, 5) is 0. The monoisotopic (exact) mass is 381 g/mol.